The lowest BCUT2D eigenvalue weighted by atomic mass is 10.3. The molecule has 0 aromatic rings. The molecule has 0 rings (SSSR count). The Morgan fingerprint density at radius 3 is 2.36 bits per heavy atom. The zero-order valence-corrected chi connectivity index (χ0v) is 9.49. The highest BCUT2D eigenvalue weighted by atomic mass is 32.2. The first kappa shape index (κ1) is 13.4. The second kappa shape index (κ2) is 6.78. The summed E-state index contributed by atoms with van der Waals surface area (Å²) in [7, 11) is -3.62. The molecule has 0 aliphatic heterocycles. The van der Waals surface area contributed by atoms with Crippen LogP contribution in [0.15, 0.2) is 0 Å². The van der Waals surface area contributed by atoms with E-state index in [1.165, 1.54) is 0 Å². The number of unbranched alkanes of at least 4 members (excludes halogenated alkanes) is 2. The van der Waals surface area contributed by atoms with E-state index in [0.717, 1.165) is 19.3 Å². The van der Waals surface area contributed by atoms with Crippen LogP contribution >= 0.6 is 0 Å². The van der Waals surface area contributed by atoms with Gasteiger partial charge in [0, 0.05) is 13.0 Å². The van der Waals surface area contributed by atoms with Gasteiger partial charge in [0.25, 0.3) is 0 Å². The molecule has 6 heteroatoms. The summed E-state index contributed by atoms with van der Waals surface area (Å²) < 4.78 is 26.4. The quantitative estimate of drug-likeness (QED) is 0.617. The smallest absolute Gasteiger partial charge is 0.274 e. The molecule has 0 aromatic heterocycles. The predicted molar refractivity (Wildman–Crippen MR) is 54.9 cm³/mol. The highest BCUT2D eigenvalue weighted by Gasteiger charge is 2.10. The van der Waals surface area contributed by atoms with Crippen molar-refractivity contribution >= 4 is 16.1 Å². The number of carbonyl (C=O) groups excluding carboxylic acids is 1. The van der Waals surface area contributed by atoms with Gasteiger partial charge in [-0.25, -0.2) is 4.72 Å². The zero-order chi connectivity index (χ0) is 11.0. The van der Waals surface area contributed by atoms with Crippen molar-refractivity contribution in [1.29, 1.82) is 0 Å². The third kappa shape index (κ3) is 6.85. The molecule has 0 aromatic carbocycles. The maximum atomic E-state index is 11.1. The molecule has 0 aliphatic rings. The van der Waals surface area contributed by atoms with Gasteiger partial charge in [-0.2, -0.15) is 13.1 Å². The minimum Gasteiger partial charge on any atom is -0.274 e. The van der Waals surface area contributed by atoms with Crippen LogP contribution in [0.1, 0.15) is 39.5 Å². The number of nitrogens with one attached hydrogen (secondary N) is 2. The van der Waals surface area contributed by atoms with Gasteiger partial charge in [-0.3, -0.25) is 4.79 Å². The molecule has 0 heterocycles. The summed E-state index contributed by atoms with van der Waals surface area (Å²) >= 11 is 0. The second-order valence-corrected chi connectivity index (χ2v) is 4.48. The molecule has 0 saturated carbocycles. The van der Waals surface area contributed by atoms with Crippen LogP contribution in [0.4, 0.5) is 0 Å². The molecule has 0 unspecified atom stereocenters. The van der Waals surface area contributed by atoms with Gasteiger partial charge in [0.2, 0.25) is 5.91 Å². The maximum absolute atomic E-state index is 11.1. The molecule has 2 N–H and O–H groups in total. The fourth-order valence-electron chi connectivity index (χ4n) is 0.840. The molecule has 0 aliphatic carbocycles. The Morgan fingerprint density at radius 1 is 1.21 bits per heavy atom. The average Bonchev–Trinajstić information content (AvgIpc) is 2.12. The van der Waals surface area contributed by atoms with Crippen LogP contribution in [-0.2, 0) is 15.0 Å². The average molecular weight is 222 g/mol. The molecule has 14 heavy (non-hydrogen) atoms. The molecule has 5 nitrogen and oxygen atoms in total. The Bertz CT molecular complexity index is 262. The SMILES string of the molecule is CCCCCNS(=O)(=O)NC(=O)CC. The standard InChI is InChI=1S/C8H18N2O3S/c1-3-5-6-7-9-14(12,13)10-8(11)4-2/h9H,3-7H2,1-2H3,(H,10,11). The molecule has 1 amide bonds. The summed E-state index contributed by atoms with van der Waals surface area (Å²) in [5.74, 6) is -0.493. The largest absolute Gasteiger partial charge is 0.301 e. The molecule has 0 fully saturated rings. The van der Waals surface area contributed by atoms with E-state index in [-0.39, 0.29) is 6.42 Å². The summed E-state index contributed by atoms with van der Waals surface area (Å²) in [6, 6.07) is 0. The first-order valence-corrected chi connectivity index (χ1v) is 6.30. The summed E-state index contributed by atoms with van der Waals surface area (Å²) in [4.78, 5) is 10.8. The Kier molecular flexibility index (Phi) is 6.48. The number of rotatable bonds is 7. The molecule has 84 valence electrons. The van der Waals surface area contributed by atoms with E-state index < -0.39 is 16.1 Å². The van der Waals surface area contributed by atoms with Gasteiger partial charge >= 0.3 is 10.2 Å². The van der Waals surface area contributed by atoms with Gasteiger partial charge in [0.05, 0.1) is 0 Å². The first-order valence-electron chi connectivity index (χ1n) is 4.82. The topological polar surface area (TPSA) is 75.3 Å². The third-order valence-corrected chi connectivity index (χ3v) is 2.72. The zero-order valence-electron chi connectivity index (χ0n) is 8.67. The van der Waals surface area contributed by atoms with Crippen LogP contribution in [0.25, 0.3) is 0 Å². The van der Waals surface area contributed by atoms with E-state index in [9.17, 15) is 13.2 Å². The van der Waals surface area contributed by atoms with E-state index in [0.29, 0.717) is 6.54 Å². The minimum absolute atomic E-state index is 0.163. The van der Waals surface area contributed by atoms with Gasteiger partial charge in [-0.15, -0.1) is 0 Å². The predicted octanol–water partition coefficient (Wildman–Crippen LogP) is 0.537. The molecule has 0 bridgehead atoms. The fraction of sp³-hybridized carbons (Fsp3) is 0.875. The maximum Gasteiger partial charge on any atom is 0.301 e. The first-order chi connectivity index (χ1) is 6.52. The second-order valence-electron chi connectivity index (χ2n) is 2.98. The summed E-state index contributed by atoms with van der Waals surface area (Å²) in [6.07, 6.45) is 2.96. The van der Waals surface area contributed by atoms with Crippen molar-refractivity contribution in [3.05, 3.63) is 0 Å². The van der Waals surface area contributed by atoms with Crippen molar-refractivity contribution in [2.75, 3.05) is 6.54 Å². The Labute approximate surface area is 85.5 Å². The minimum atomic E-state index is -3.62. The lowest BCUT2D eigenvalue weighted by Gasteiger charge is -2.06. The Morgan fingerprint density at radius 2 is 1.86 bits per heavy atom. The van der Waals surface area contributed by atoms with Crippen molar-refractivity contribution in [2.24, 2.45) is 0 Å². The van der Waals surface area contributed by atoms with Crippen molar-refractivity contribution in [2.45, 2.75) is 39.5 Å². The van der Waals surface area contributed by atoms with Gasteiger partial charge in [-0.05, 0) is 6.42 Å². The molecule has 0 spiro atoms. The number of amides is 1. The van der Waals surface area contributed by atoms with E-state index in [1.54, 1.807) is 6.92 Å². The highest BCUT2D eigenvalue weighted by molar-refractivity contribution is 7.88. The normalized spacial score (nSPS) is 11.3. The molecular formula is C8H18N2O3S. The lowest BCUT2D eigenvalue weighted by molar-refractivity contribution is -0.119. The fourth-order valence-corrected chi connectivity index (χ4v) is 1.77. The summed E-state index contributed by atoms with van der Waals surface area (Å²) in [5.41, 5.74) is 0. The van der Waals surface area contributed by atoms with Crippen LogP contribution in [0.5, 0.6) is 0 Å². The van der Waals surface area contributed by atoms with E-state index >= 15 is 0 Å². The van der Waals surface area contributed by atoms with Crippen LogP contribution in [-0.4, -0.2) is 20.9 Å². The number of hydrogen-bond acceptors (Lipinski definition) is 3. The van der Waals surface area contributed by atoms with Gasteiger partial charge in [0.1, 0.15) is 0 Å². The summed E-state index contributed by atoms with van der Waals surface area (Å²) in [6.45, 7) is 4.01. The van der Waals surface area contributed by atoms with Crippen LogP contribution in [0.2, 0.25) is 0 Å². The van der Waals surface area contributed by atoms with Crippen molar-refractivity contribution in [3.63, 3.8) is 0 Å². The molecule has 0 atom stereocenters. The van der Waals surface area contributed by atoms with Gasteiger partial charge in [0.15, 0.2) is 0 Å². The third-order valence-electron chi connectivity index (χ3n) is 1.64. The van der Waals surface area contributed by atoms with Crippen molar-refractivity contribution in [1.82, 2.24) is 9.44 Å². The molecule has 0 radical (unpaired) electrons. The Balaban J connectivity index is 3.79. The monoisotopic (exact) mass is 222 g/mol. The van der Waals surface area contributed by atoms with Crippen molar-refractivity contribution < 1.29 is 13.2 Å². The summed E-state index contributed by atoms with van der Waals surface area (Å²) in [5, 5.41) is 0. The Hall–Kier alpha value is -0.620. The number of carbonyl (C=O) groups is 1. The molecule has 0 saturated heterocycles. The van der Waals surface area contributed by atoms with Crippen LogP contribution in [0.3, 0.4) is 0 Å². The van der Waals surface area contributed by atoms with Crippen LogP contribution in [0, 0.1) is 0 Å². The van der Waals surface area contributed by atoms with E-state index in [2.05, 4.69) is 4.72 Å². The number of hydrogen-bond donors (Lipinski definition) is 2. The van der Waals surface area contributed by atoms with Gasteiger partial charge < -0.3 is 0 Å². The van der Waals surface area contributed by atoms with Gasteiger partial charge in [-0.1, -0.05) is 26.7 Å². The van der Waals surface area contributed by atoms with E-state index in [1.807, 2.05) is 11.6 Å². The van der Waals surface area contributed by atoms with E-state index in [4.69, 9.17) is 0 Å². The van der Waals surface area contributed by atoms with Crippen molar-refractivity contribution in [3.8, 4) is 0 Å². The highest BCUT2D eigenvalue weighted by Crippen LogP contribution is 1.92. The lowest BCUT2D eigenvalue weighted by Crippen LogP contribution is -2.40. The molecular weight excluding hydrogens is 204 g/mol. The van der Waals surface area contributed by atoms with Crippen LogP contribution < -0.4 is 9.44 Å².